The Morgan fingerprint density at radius 1 is 1.41 bits per heavy atom. The molecule has 0 aliphatic heterocycles. The maximum Gasteiger partial charge on any atom is 0.319 e. The first-order valence-corrected chi connectivity index (χ1v) is 5.59. The first kappa shape index (κ1) is 13.5. The predicted octanol–water partition coefficient (Wildman–Crippen LogP) is 0.724. The van der Waals surface area contributed by atoms with E-state index < -0.39 is 12.1 Å². The van der Waals surface area contributed by atoms with E-state index >= 15 is 0 Å². The fourth-order valence-electron chi connectivity index (χ4n) is 1.39. The van der Waals surface area contributed by atoms with Crippen molar-refractivity contribution in [1.82, 2.24) is 5.32 Å². The van der Waals surface area contributed by atoms with E-state index in [9.17, 15) is 4.79 Å². The second-order valence-electron chi connectivity index (χ2n) is 3.68. The fourth-order valence-corrected chi connectivity index (χ4v) is 1.39. The van der Waals surface area contributed by atoms with Crippen LogP contribution in [0.3, 0.4) is 0 Å². The lowest BCUT2D eigenvalue weighted by Crippen LogP contribution is -2.36. The molecule has 5 nitrogen and oxygen atoms in total. The molecular formula is C12H18N2O3. The zero-order valence-corrected chi connectivity index (χ0v) is 9.81. The number of carbonyl (C=O) groups is 1. The molecule has 0 heterocycles. The standard InChI is InChI=1S/C12H18N2O3/c1-2-9-5-3-4-6-11(9)14-12(17)13-7-10(16)8-15/h3-6,10,15-16H,2,7-8H2,1H3,(H2,13,14,17). The molecular weight excluding hydrogens is 220 g/mol. The molecule has 0 bridgehead atoms. The van der Waals surface area contributed by atoms with Gasteiger partial charge in [-0.15, -0.1) is 0 Å². The van der Waals surface area contributed by atoms with Crippen molar-refractivity contribution in [1.29, 1.82) is 0 Å². The highest BCUT2D eigenvalue weighted by Crippen LogP contribution is 2.14. The van der Waals surface area contributed by atoms with E-state index in [1.54, 1.807) is 0 Å². The Bertz CT molecular complexity index is 369. The summed E-state index contributed by atoms with van der Waals surface area (Å²) in [5.41, 5.74) is 1.80. The number of benzene rings is 1. The SMILES string of the molecule is CCc1ccccc1NC(=O)NCC(O)CO. The average molecular weight is 238 g/mol. The van der Waals surface area contributed by atoms with Crippen molar-refractivity contribution in [2.75, 3.05) is 18.5 Å². The number of aliphatic hydroxyl groups is 2. The van der Waals surface area contributed by atoms with Gasteiger partial charge < -0.3 is 20.8 Å². The molecule has 0 radical (unpaired) electrons. The summed E-state index contributed by atoms with van der Waals surface area (Å²) in [6, 6.07) is 7.13. The molecule has 0 saturated heterocycles. The molecule has 0 aromatic heterocycles. The highest BCUT2D eigenvalue weighted by atomic mass is 16.3. The number of amides is 2. The Labute approximate surface area is 100 Å². The number of nitrogens with one attached hydrogen (secondary N) is 2. The number of aryl methyl sites for hydroxylation is 1. The van der Waals surface area contributed by atoms with E-state index in [0.717, 1.165) is 17.7 Å². The van der Waals surface area contributed by atoms with Gasteiger partial charge >= 0.3 is 6.03 Å². The third-order valence-electron chi connectivity index (χ3n) is 2.36. The summed E-state index contributed by atoms with van der Waals surface area (Å²) in [6.07, 6.45) is -0.0995. The molecule has 0 aliphatic rings. The second kappa shape index (κ2) is 6.88. The molecule has 94 valence electrons. The second-order valence-corrected chi connectivity index (χ2v) is 3.68. The van der Waals surface area contributed by atoms with E-state index in [1.165, 1.54) is 0 Å². The molecule has 1 aromatic carbocycles. The van der Waals surface area contributed by atoms with Crippen LogP contribution in [0, 0.1) is 0 Å². The Balaban J connectivity index is 2.50. The van der Waals surface area contributed by atoms with Crippen LogP contribution in [0.4, 0.5) is 10.5 Å². The largest absolute Gasteiger partial charge is 0.394 e. The van der Waals surface area contributed by atoms with Gasteiger partial charge in [-0.3, -0.25) is 0 Å². The lowest BCUT2D eigenvalue weighted by atomic mass is 10.1. The molecule has 0 fully saturated rings. The van der Waals surface area contributed by atoms with Gasteiger partial charge in [-0.25, -0.2) is 4.79 Å². The summed E-state index contributed by atoms with van der Waals surface area (Å²) < 4.78 is 0. The van der Waals surface area contributed by atoms with Crippen LogP contribution in [0.1, 0.15) is 12.5 Å². The lowest BCUT2D eigenvalue weighted by Gasteiger charge is -2.12. The van der Waals surface area contributed by atoms with E-state index in [-0.39, 0.29) is 13.2 Å². The summed E-state index contributed by atoms with van der Waals surface area (Å²) >= 11 is 0. The monoisotopic (exact) mass is 238 g/mol. The van der Waals surface area contributed by atoms with Gasteiger partial charge in [0, 0.05) is 12.2 Å². The van der Waals surface area contributed by atoms with Gasteiger partial charge in [-0.05, 0) is 18.1 Å². The van der Waals surface area contributed by atoms with Crippen molar-refractivity contribution in [3.63, 3.8) is 0 Å². The Kier molecular flexibility index (Phi) is 5.45. The third-order valence-corrected chi connectivity index (χ3v) is 2.36. The summed E-state index contributed by atoms with van der Waals surface area (Å²) in [7, 11) is 0. The smallest absolute Gasteiger partial charge is 0.319 e. The predicted molar refractivity (Wildman–Crippen MR) is 65.9 cm³/mol. The number of aliphatic hydroxyl groups excluding tert-OH is 2. The Morgan fingerprint density at radius 2 is 2.12 bits per heavy atom. The molecule has 1 atom stereocenters. The fraction of sp³-hybridized carbons (Fsp3) is 0.417. The Morgan fingerprint density at radius 3 is 2.76 bits per heavy atom. The van der Waals surface area contributed by atoms with Crippen molar-refractivity contribution >= 4 is 11.7 Å². The number of carbonyl (C=O) groups excluding carboxylic acids is 1. The van der Waals surface area contributed by atoms with Gasteiger partial charge in [0.1, 0.15) is 0 Å². The first-order chi connectivity index (χ1) is 8.17. The molecule has 1 unspecified atom stereocenters. The van der Waals surface area contributed by atoms with E-state index in [0.29, 0.717) is 0 Å². The summed E-state index contributed by atoms with van der Waals surface area (Å²) in [4.78, 5) is 11.5. The van der Waals surface area contributed by atoms with Crippen molar-refractivity contribution in [3.05, 3.63) is 29.8 Å². The van der Waals surface area contributed by atoms with Gasteiger partial charge in [0.15, 0.2) is 0 Å². The minimum absolute atomic E-state index is 0.0244. The number of para-hydroxylation sites is 1. The van der Waals surface area contributed by atoms with Crippen LogP contribution >= 0.6 is 0 Å². The highest BCUT2D eigenvalue weighted by Gasteiger charge is 2.07. The van der Waals surface area contributed by atoms with Crippen molar-refractivity contribution in [2.45, 2.75) is 19.4 Å². The van der Waals surface area contributed by atoms with E-state index in [4.69, 9.17) is 10.2 Å². The molecule has 0 aliphatic carbocycles. The molecule has 1 aromatic rings. The molecule has 2 amide bonds. The van der Waals surface area contributed by atoms with Crippen LogP contribution in [0.25, 0.3) is 0 Å². The highest BCUT2D eigenvalue weighted by molar-refractivity contribution is 5.90. The topological polar surface area (TPSA) is 81.6 Å². The van der Waals surface area contributed by atoms with Crippen LogP contribution in [-0.2, 0) is 6.42 Å². The zero-order chi connectivity index (χ0) is 12.7. The number of hydrogen-bond acceptors (Lipinski definition) is 3. The van der Waals surface area contributed by atoms with Gasteiger partial charge in [-0.2, -0.15) is 0 Å². The third kappa shape index (κ3) is 4.42. The number of hydrogen-bond donors (Lipinski definition) is 4. The maximum absolute atomic E-state index is 11.5. The quantitative estimate of drug-likeness (QED) is 0.610. The van der Waals surface area contributed by atoms with Crippen molar-refractivity contribution < 1.29 is 15.0 Å². The van der Waals surface area contributed by atoms with Crippen molar-refractivity contribution in [3.8, 4) is 0 Å². The minimum atomic E-state index is -0.929. The molecule has 1 rings (SSSR count). The molecule has 4 N–H and O–H groups in total. The lowest BCUT2D eigenvalue weighted by molar-refractivity contribution is 0.0965. The number of urea groups is 1. The number of rotatable bonds is 5. The van der Waals surface area contributed by atoms with Crippen LogP contribution < -0.4 is 10.6 Å². The van der Waals surface area contributed by atoms with Gasteiger partial charge in [0.2, 0.25) is 0 Å². The summed E-state index contributed by atoms with van der Waals surface area (Å²) in [6.45, 7) is 1.66. The number of anilines is 1. The molecule has 17 heavy (non-hydrogen) atoms. The van der Waals surface area contributed by atoms with Crippen LogP contribution in [0.5, 0.6) is 0 Å². The normalized spacial score (nSPS) is 11.9. The van der Waals surface area contributed by atoms with E-state index in [1.807, 2.05) is 31.2 Å². The van der Waals surface area contributed by atoms with Crippen molar-refractivity contribution in [2.24, 2.45) is 0 Å². The van der Waals surface area contributed by atoms with Gasteiger partial charge in [-0.1, -0.05) is 25.1 Å². The molecule has 0 saturated carbocycles. The molecule has 5 heteroatoms. The minimum Gasteiger partial charge on any atom is -0.394 e. The average Bonchev–Trinajstić information content (AvgIpc) is 2.36. The van der Waals surface area contributed by atoms with E-state index in [2.05, 4.69) is 10.6 Å². The van der Waals surface area contributed by atoms with Crippen LogP contribution in [0.15, 0.2) is 24.3 Å². The first-order valence-electron chi connectivity index (χ1n) is 5.59. The van der Waals surface area contributed by atoms with Crippen LogP contribution in [0.2, 0.25) is 0 Å². The summed E-state index contributed by atoms with van der Waals surface area (Å²) in [5, 5.41) is 22.9. The maximum atomic E-state index is 11.5. The Hall–Kier alpha value is -1.59. The zero-order valence-electron chi connectivity index (χ0n) is 9.81. The van der Waals surface area contributed by atoms with Gasteiger partial charge in [0.25, 0.3) is 0 Å². The van der Waals surface area contributed by atoms with Gasteiger partial charge in [0.05, 0.1) is 12.7 Å². The molecule has 0 spiro atoms. The van der Waals surface area contributed by atoms with Crippen LogP contribution in [-0.4, -0.2) is 35.5 Å². The summed E-state index contributed by atoms with van der Waals surface area (Å²) in [5.74, 6) is 0.